The highest BCUT2D eigenvalue weighted by Crippen LogP contribution is 2.40. The number of nitrogens with zero attached hydrogens (tertiary/aromatic N) is 2. The Morgan fingerprint density at radius 1 is 1.24 bits per heavy atom. The van der Waals surface area contributed by atoms with Gasteiger partial charge in [-0.1, -0.05) is 11.8 Å². The van der Waals surface area contributed by atoms with Crippen LogP contribution in [0.5, 0.6) is 0 Å². The van der Waals surface area contributed by atoms with E-state index in [9.17, 15) is 22.7 Å². The summed E-state index contributed by atoms with van der Waals surface area (Å²) in [6, 6.07) is 4.86. The van der Waals surface area contributed by atoms with Crippen molar-refractivity contribution >= 4 is 22.6 Å². The average Bonchev–Trinajstić information content (AvgIpc) is 2.41. The van der Waals surface area contributed by atoms with Crippen molar-refractivity contribution in [2.45, 2.75) is 11.9 Å². The van der Waals surface area contributed by atoms with E-state index < -0.39 is 17.7 Å². The summed E-state index contributed by atoms with van der Waals surface area (Å²) < 4.78 is 52.4. The molecular weight excluding hydrogens is 308 g/mol. The van der Waals surface area contributed by atoms with Crippen molar-refractivity contribution in [3.63, 3.8) is 0 Å². The van der Waals surface area contributed by atoms with E-state index in [4.69, 9.17) is 0 Å². The largest absolute Gasteiger partial charge is 0.440 e. The number of thioether (sulfide) groups is 1. The Bertz CT molecular complexity index is 597. The summed E-state index contributed by atoms with van der Waals surface area (Å²) in [5.41, 5.74) is -2.92. The Morgan fingerprint density at radius 3 is 2.29 bits per heavy atom. The van der Waals surface area contributed by atoms with Crippen molar-refractivity contribution < 1.29 is 22.7 Å². The minimum absolute atomic E-state index is 0.0108. The van der Waals surface area contributed by atoms with E-state index in [0.29, 0.717) is 16.5 Å². The van der Waals surface area contributed by atoms with E-state index in [1.54, 1.807) is 6.26 Å². The summed E-state index contributed by atoms with van der Waals surface area (Å²) >= 11 is 0.975. The summed E-state index contributed by atoms with van der Waals surface area (Å²) in [6.07, 6.45) is -2.72. The molecule has 0 saturated carbocycles. The van der Waals surface area contributed by atoms with Crippen LogP contribution < -0.4 is 0 Å². The molecule has 0 bridgehead atoms. The van der Waals surface area contributed by atoms with Crippen LogP contribution in [0.2, 0.25) is 0 Å². The fraction of sp³-hybridized carbons (Fsp3) is 0.308. The minimum Gasteiger partial charge on any atom is -0.360 e. The maximum atomic E-state index is 13.2. The molecule has 0 saturated heterocycles. The molecule has 114 valence electrons. The molecule has 2 rings (SSSR count). The van der Waals surface area contributed by atoms with Crippen molar-refractivity contribution in [3.05, 3.63) is 41.7 Å². The maximum absolute atomic E-state index is 13.2. The summed E-state index contributed by atoms with van der Waals surface area (Å²) in [5.74, 6) is -0.507. The zero-order valence-corrected chi connectivity index (χ0v) is 12.0. The smallest absolute Gasteiger partial charge is 0.360 e. The average molecular weight is 320 g/mol. The summed E-state index contributed by atoms with van der Waals surface area (Å²) in [5, 5.41) is 10.0. The number of aliphatic hydroxyl groups is 1. The van der Waals surface area contributed by atoms with Crippen LogP contribution in [0, 0.1) is 5.82 Å². The number of hydrogen-bond donors (Lipinski definition) is 1. The van der Waals surface area contributed by atoms with Crippen LogP contribution in [-0.4, -0.2) is 40.4 Å². The molecule has 1 aliphatic rings. The number of hydrogen-bond acceptors (Lipinski definition) is 4. The fourth-order valence-electron chi connectivity index (χ4n) is 1.87. The maximum Gasteiger partial charge on any atom is 0.440 e. The first-order valence-corrected chi connectivity index (χ1v) is 7.06. The third-order valence-corrected chi connectivity index (χ3v) is 3.82. The summed E-state index contributed by atoms with van der Waals surface area (Å²) in [4.78, 5) is 4.73. The van der Waals surface area contributed by atoms with E-state index in [-0.39, 0.29) is 10.9 Å². The standard InChI is InChI=1S/C13H12F4N2OS/c1-19-11(21-2)18-10(7-12(19,20)13(15,16)17)8-3-5-9(14)6-4-8/h3-7,20H,1-2H3. The number of amidine groups is 1. The number of alkyl halides is 3. The number of aliphatic imine (C=N–C) groups is 1. The topological polar surface area (TPSA) is 35.8 Å². The molecule has 1 N–H and O–H groups in total. The highest BCUT2D eigenvalue weighted by Gasteiger charge is 2.58. The summed E-state index contributed by atoms with van der Waals surface area (Å²) in [7, 11) is 1.11. The SMILES string of the molecule is CSC1=NC(c2ccc(F)cc2)=CC(O)(C(F)(F)F)N1C. The first-order chi connectivity index (χ1) is 9.69. The second-order valence-electron chi connectivity index (χ2n) is 4.42. The van der Waals surface area contributed by atoms with Gasteiger partial charge in [0, 0.05) is 18.7 Å². The zero-order valence-electron chi connectivity index (χ0n) is 11.1. The van der Waals surface area contributed by atoms with Gasteiger partial charge in [-0.25, -0.2) is 9.38 Å². The van der Waals surface area contributed by atoms with Crippen LogP contribution in [0.4, 0.5) is 17.6 Å². The molecule has 1 unspecified atom stereocenters. The van der Waals surface area contributed by atoms with Crippen molar-refractivity contribution in [2.24, 2.45) is 4.99 Å². The Balaban J connectivity index is 2.56. The number of halogens is 4. The van der Waals surface area contributed by atoms with Crippen LogP contribution in [-0.2, 0) is 0 Å². The fourth-order valence-corrected chi connectivity index (χ4v) is 2.47. The zero-order chi connectivity index (χ0) is 15.8. The molecule has 0 amide bonds. The molecule has 21 heavy (non-hydrogen) atoms. The van der Waals surface area contributed by atoms with E-state index in [0.717, 1.165) is 30.9 Å². The van der Waals surface area contributed by atoms with Crippen molar-refractivity contribution in [1.82, 2.24) is 4.90 Å². The van der Waals surface area contributed by atoms with Gasteiger partial charge in [-0.05, 0) is 30.5 Å². The molecule has 0 radical (unpaired) electrons. The van der Waals surface area contributed by atoms with Crippen LogP contribution in [0.1, 0.15) is 5.56 Å². The van der Waals surface area contributed by atoms with E-state index in [2.05, 4.69) is 4.99 Å². The van der Waals surface area contributed by atoms with Crippen molar-refractivity contribution in [3.8, 4) is 0 Å². The lowest BCUT2D eigenvalue weighted by Crippen LogP contribution is -2.58. The van der Waals surface area contributed by atoms with Crippen LogP contribution in [0.25, 0.3) is 5.70 Å². The third-order valence-electron chi connectivity index (χ3n) is 3.09. The monoisotopic (exact) mass is 320 g/mol. The van der Waals surface area contributed by atoms with Gasteiger partial charge in [-0.3, -0.25) is 0 Å². The van der Waals surface area contributed by atoms with Crippen LogP contribution in [0.15, 0.2) is 35.3 Å². The van der Waals surface area contributed by atoms with Gasteiger partial charge in [0.15, 0.2) is 5.17 Å². The molecule has 1 aliphatic heterocycles. The van der Waals surface area contributed by atoms with Gasteiger partial charge < -0.3 is 10.0 Å². The number of rotatable bonds is 1. The van der Waals surface area contributed by atoms with Gasteiger partial charge in [0.25, 0.3) is 5.72 Å². The highest BCUT2D eigenvalue weighted by molar-refractivity contribution is 8.13. The van der Waals surface area contributed by atoms with Gasteiger partial charge in [0.2, 0.25) is 0 Å². The molecule has 0 fully saturated rings. The quantitative estimate of drug-likeness (QED) is 0.808. The Labute approximate surface area is 123 Å². The number of likely N-dealkylation sites (N-methyl/N-ethyl adjacent to an activating group) is 1. The molecule has 1 aromatic carbocycles. The molecule has 1 atom stereocenters. The lowest BCUT2D eigenvalue weighted by Gasteiger charge is -2.40. The molecule has 0 aromatic heterocycles. The van der Waals surface area contributed by atoms with Gasteiger partial charge in [-0.2, -0.15) is 13.2 Å². The van der Waals surface area contributed by atoms with Crippen molar-refractivity contribution in [1.29, 1.82) is 0 Å². The van der Waals surface area contributed by atoms with E-state index >= 15 is 0 Å². The third kappa shape index (κ3) is 2.77. The lowest BCUT2D eigenvalue weighted by molar-refractivity contribution is -0.275. The first kappa shape index (κ1) is 15.8. The van der Waals surface area contributed by atoms with Gasteiger partial charge in [0.05, 0.1) is 5.70 Å². The highest BCUT2D eigenvalue weighted by atomic mass is 32.2. The van der Waals surface area contributed by atoms with E-state index in [1.807, 2.05) is 0 Å². The van der Waals surface area contributed by atoms with Gasteiger partial charge >= 0.3 is 6.18 Å². The Hall–Kier alpha value is -1.54. The molecule has 0 spiro atoms. The van der Waals surface area contributed by atoms with E-state index in [1.165, 1.54) is 12.1 Å². The number of benzene rings is 1. The Kier molecular flexibility index (Phi) is 4.03. The summed E-state index contributed by atoms with van der Waals surface area (Å²) in [6.45, 7) is 0. The Morgan fingerprint density at radius 2 is 1.81 bits per heavy atom. The second-order valence-corrected chi connectivity index (χ2v) is 5.19. The molecule has 3 nitrogen and oxygen atoms in total. The molecular formula is C13H12F4N2OS. The molecule has 0 aliphatic carbocycles. The molecule has 1 aromatic rings. The normalized spacial score (nSPS) is 22.9. The predicted octanol–water partition coefficient (Wildman–Crippen LogP) is 3.08. The first-order valence-electron chi connectivity index (χ1n) is 5.83. The van der Waals surface area contributed by atoms with Gasteiger partial charge in [-0.15, -0.1) is 0 Å². The molecule has 8 heteroatoms. The molecule has 1 heterocycles. The van der Waals surface area contributed by atoms with Gasteiger partial charge in [0.1, 0.15) is 5.82 Å². The van der Waals surface area contributed by atoms with Crippen LogP contribution in [0.3, 0.4) is 0 Å². The van der Waals surface area contributed by atoms with Crippen LogP contribution >= 0.6 is 11.8 Å². The predicted molar refractivity (Wildman–Crippen MR) is 74.1 cm³/mol. The van der Waals surface area contributed by atoms with Crippen molar-refractivity contribution in [2.75, 3.05) is 13.3 Å². The second kappa shape index (κ2) is 5.34. The lowest BCUT2D eigenvalue weighted by atomic mass is 10.0. The minimum atomic E-state index is -4.90.